The van der Waals surface area contributed by atoms with E-state index in [2.05, 4.69) is 52.7 Å². The lowest BCUT2D eigenvalue weighted by molar-refractivity contribution is 0.0950. The molecule has 9 heteroatoms. The molecule has 1 saturated carbocycles. The molecule has 1 aliphatic carbocycles. The maximum absolute atomic E-state index is 13.4. The van der Waals surface area contributed by atoms with E-state index in [0.29, 0.717) is 28.4 Å². The van der Waals surface area contributed by atoms with Crippen molar-refractivity contribution in [1.29, 1.82) is 0 Å². The Bertz CT molecular complexity index is 1250. The van der Waals surface area contributed by atoms with E-state index in [1.807, 2.05) is 13.0 Å². The molecule has 0 bridgehead atoms. The number of aromatic nitrogens is 1. The smallest absolute Gasteiger partial charge is 0.251 e. The summed E-state index contributed by atoms with van der Waals surface area (Å²) in [7, 11) is 5.75. The Labute approximate surface area is 230 Å². The third kappa shape index (κ3) is 6.30. The van der Waals surface area contributed by atoms with E-state index in [4.69, 9.17) is 16.3 Å². The Balaban J connectivity index is 1.88. The van der Waals surface area contributed by atoms with Gasteiger partial charge in [-0.15, -0.1) is 0 Å². The molecule has 1 heterocycles. The number of anilines is 1. The number of aromatic amines is 1. The maximum atomic E-state index is 13.4. The highest BCUT2D eigenvalue weighted by atomic mass is 35.5. The van der Waals surface area contributed by atoms with Crippen LogP contribution in [0.1, 0.15) is 66.7 Å². The van der Waals surface area contributed by atoms with Crippen LogP contribution in [0.3, 0.4) is 0 Å². The van der Waals surface area contributed by atoms with Gasteiger partial charge < -0.3 is 24.8 Å². The number of methoxy groups -OCH3 is 1. The first-order valence-electron chi connectivity index (χ1n) is 13.1. The number of benzene rings is 1. The molecule has 1 fully saturated rings. The van der Waals surface area contributed by atoms with Gasteiger partial charge >= 0.3 is 0 Å². The first kappa shape index (κ1) is 29.5. The van der Waals surface area contributed by atoms with Crippen LogP contribution in [0.5, 0.6) is 5.88 Å². The standard InChI is InChI=1S/C29H40ClN5O3/c1-8-24-26(31-9-2)27(36)23(29(33-24)38-7)17-32-28(37)22-15-19(30)16-25(18(22)4)35(10-3)21-13-11-20(12-14-21)34(5)6/h8-9,15-16,20-21H,1,10-14,17H2,2-7H3,(H,32,37)(H,33,36). The predicted molar refractivity (Wildman–Crippen MR) is 158 cm³/mol. The van der Waals surface area contributed by atoms with E-state index in [-0.39, 0.29) is 35.0 Å². The Morgan fingerprint density at radius 1 is 1.26 bits per heavy atom. The van der Waals surface area contributed by atoms with Crippen molar-refractivity contribution in [2.24, 2.45) is 4.99 Å². The number of amides is 1. The van der Waals surface area contributed by atoms with Crippen LogP contribution in [0.2, 0.25) is 5.02 Å². The number of aliphatic imine (C=N–C) groups is 1. The van der Waals surface area contributed by atoms with Gasteiger partial charge in [-0.3, -0.25) is 14.6 Å². The minimum atomic E-state index is -0.331. The van der Waals surface area contributed by atoms with Gasteiger partial charge in [0, 0.05) is 41.1 Å². The van der Waals surface area contributed by atoms with Gasteiger partial charge in [-0.05, 0) is 84.3 Å². The molecule has 2 aromatic rings. The SMILES string of the molecule is C=Cc1[nH]c(OC)c(CNC(=O)c2cc(Cl)cc(N(CC)C3CCC(N(C)C)CC3)c2C)c(=O)c1N=CC. The van der Waals surface area contributed by atoms with Crippen LogP contribution in [0.25, 0.3) is 6.08 Å². The molecule has 1 aliphatic rings. The highest BCUT2D eigenvalue weighted by Crippen LogP contribution is 2.34. The molecule has 8 nitrogen and oxygen atoms in total. The number of ether oxygens (including phenoxy) is 1. The molecule has 3 rings (SSSR count). The van der Waals surface area contributed by atoms with Crippen molar-refractivity contribution in [3.05, 3.63) is 56.3 Å². The molecule has 0 radical (unpaired) electrons. The van der Waals surface area contributed by atoms with Gasteiger partial charge in [-0.25, -0.2) is 0 Å². The summed E-state index contributed by atoms with van der Waals surface area (Å²) in [6.45, 7) is 10.3. The number of carbonyl (C=O) groups is 1. The Kier molecular flexibility index (Phi) is 10.2. The molecular formula is C29H40ClN5O3. The summed E-state index contributed by atoms with van der Waals surface area (Å²) in [6.07, 6.45) is 7.53. The van der Waals surface area contributed by atoms with E-state index in [1.165, 1.54) is 19.4 Å². The van der Waals surface area contributed by atoms with Crippen LogP contribution in [0.4, 0.5) is 11.4 Å². The number of carbonyl (C=O) groups excluding carboxylic acids is 1. The number of nitrogens with one attached hydrogen (secondary N) is 2. The fourth-order valence-corrected chi connectivity index (χ4v) is 5.55. The van der Waals surface area contributed by atoms with Gasteiger partial charge in [0.05, 0.1) is 24.9 Å². The summed E-state index contributed by atoms with van der Waals surface area (Å²) in [6, 6.07) is 4.64. The molecule has 0 saturated heterocycles. The molecule has 1 amide bonds. The van der Waals surface area contributed by atoms with Crippen LogP contribution in [-0.2, 0) is 6.54 Å². The van der Waals surface area contributed by atoms with Gasteiger partial charge in [0.25, 0.3) is 5.91 Å². The normalized spacial score (nSPS) is 17.6. The van der Waals surface area contributed by atoms with E-state index < -0.39 is 0 Å². The number of pyridine rings is 1. The third-order valence-corrected chi connectivity index (χ3v) is 7.65. The summed E-state index contributed by atoms with van der Waals surface area (Å²) in [5.74, 6) is -0.0531. The predicted octanol–water partition coefficient (Wildman–Crippen LogP) is 5.34. The summed E-state index contributed by atoms with van der Waals surface area (Å²) in [4.78, 5) is 38.5. The van der Waals surface area contributed by atoms with Crippen molar-refractivity contribution in [2.45, 2.75) is 65.1 Å². The molecule has 1 aromatic heterocycles. The van der Waals surface area contributed by atoms with Crippen LogP contribution < -0.4 is 20.4 Å². The van der Waals surface area contributed by atoms with Gasteiger partial charge in [0.15, 0.2) is 5.88 Å². The van der Waals surface area contributed by atoms with E-state index in [1.54, 1.807) is 13.0 Å². The van der Waals surface area contributed by atoms with Gasteiger partial charge in [-0.1, -0.05) is 18.2 Å². The van der Waals surface area contributed by atoms with Gasteiger partial charge in [0.1, 0.15) is 5.69 Å². The van der Waals surface area contributed by atoms with Crippen molar-refractivity contribution < 1.29 is 9.53 Å². The van der Waals surface area contributed by atoms with Gasteiger partial charge in [-0.2, -0.15) is 0 Å². The quantitative estimate of drug-likeness (QED) is 0.396. The zero-order valence-electron chi connectivity index (χ0n) is 23.4. The monoisotopic (exact) mass is 541 g/mol. The van der Waals surface area contributed by atoms with Crippen LogP contribution >= 0.6 is 11.6 Å². The Morgan fingerprint density at radius 3 is 2.47 bits per heavy atom. The number of hydrogen-bond acceptors (Lipinski definition) is 6. The minimum absolute atomic E-state index is 0.0334. The summed E-state index contributed by atoms with van der Waals surface area (Å²) in [5.41, 5.74) is 2.94. The molecule has 2 N–H and O–H groups in total. The van der Waals surface area contributed by atoms with E-state index >= 15 is 0 Å². The lowest BCUT2D eigenvalue weighted by atomic mass is 9.89. The molecule has 1 aromatic carbocycles. The second-order valence-electron chi connectivity index (χ2n) is 9.81. The van der Waals surface area contributed by atoms with E-state index in [0.717, 1.165) is 43.5 Å². The van der Waals surface area contributed by atoms with Crippen LogP contribution in [0.15, 0.2) is 28.5 Å². The fourth-order valence-electron chi connectivity index (χ4n) is 5.34. The molecule has 0 atom stereocenters. The molecule has 0 unspecified atom stereocenters. The lowest BCUT2D eigenvalue weighted by Gasteiger charge is -2.40. The lowest BCUT2D eigenvalue weighted by Crippen LogP contribution is -2.42. The second-order valence-corrected chi connectivity index (χ2v) is 10.2. The maximum Gasteiger partial charge on any atom is 0.251 e. The average Bonchev–Trinajstić information content (AvgIpc) is 2.91. The Morgan fingerprint density at radius 2 is 1.92 bits per heavy atom. The molecule has 206 valence electrons. The summed E-state index contributed by atoms with van der Waals surface area (Å²) < 4.78 is 5.40. The van der Waals surface area contributed by atoms with Crippen molar-refractivity contribution in [3.63, 3.8) is 0 Å². The topological polar surface area (TPSA) is 90.0 Å². The minimum Gasteiger partial charge on any atom is -0.482 e. The number of halogens is 1. The first-order valence-corrected chi connectivity index (χ1v) is 13.5. The number of H-pyrrole nitrogens is 1. The average molecular weight is 542 g/mol. The number of rotatable bonds is 10. The number of nitrogens with zero attached hydrogens (tertiary/aromatic N) is 3. The second kappa shape index (κ2) is 13.1. The highest BCUT2D eigenvalue weighted by molar-refractivity contribution is 6.31. The van der Waals surface area contributed by atoms with Crippen molar-refractivity contribution in [2.75, 3.05) is 32.6 Å². The van der Waals surface area contributed by atoms with Crippen molar-refractivity contribution in [3.8, 4) is 5.88 Å². The summed E-state index contributed by atoms with van der Waals surface area (Å²) in [5, 5.41) is 3.39. The first-order chi connectivity index (χ1) is 18.2. The Hall–Kier alpha value is -3.10. The highest BCUT2D eigenvalue weighted by Gasteiger charge is 2.28. The van der Waals surface area contributed by atoms with Crippen LogP contribution in [0, 0.1) is 6.92 Å². The van der Waals surface area contributed by atoms with Crippen molar-refractivity contribution in [1.82, 2.24) is 15.2 Å². The largest absolute Gasteiger partial charge is 0.482 e. The van der Waals surface area contributed by atoms with Gasteiger partial charge in [0.2, 0.25) is 5.43 Å². The molecule has 38 heavy (non-hydrogen) atoms. The number of hydrogen-bond donors (Lipinski definition) is 2. The van der Waals surface area contributed by atoms with E-state index in [9.17, 15) is 9.59 Å². The molecule has 0 spiro atoms. The zero-order valence-corrected chi connectivity index (χ0v) is 24.1. The fraction of sp³-hybridized carbons (Fsp3) is 0.483. The molecular weight excluding hydrogens is 502 g/mol. The third-order valence-electron chi connectivity index (χ3n) is 7.44. The van der Waals surface area contributed by atoms with Crippen LogP contribution in [-0.4, -0.2) is 61.8 Å². The van der Waals surface area contributed by atoms with Crippen molar-refractivity contribution >= 4 is 41.2 Å². The molecule has 0 aliphatic heterocycles. The summed E-state index contributed by atoms with van der Waals surface area (Å²) >= 11 is 6.54. The zero-order chi connectivity index (χ0) is 28.0.